The molecular formula is C13H13N2OS. The van der Waals surface area contributed by atoms with Gasteiger partial charge in [0, 0.05) is 5.92 Å². The molecular weight excluding hydrogens is 232 g/mol. The fourth-order valence-electron chi connectivity index (χ4n) is 1.73. The molecule has 4 heteroatoms. The van der Waals surface area contributed by atoms with Gasteiger partial charge in [0.05, 0.1) is 10.2 Å². The molecule has 1 amide bonds. The summed E-state index contributed by atoms with van der Waals surface area (Å²) in [5, 5.41) is 4.69. The molecule has 3 rings (SSSR count). The zero-order chi connectivity index (χ0) is 12.0. The highest BCUT2D eigenvalue weighted by Crippen LogP contribution is 2.33. The van der Waals surface area contributed by atoms with Crippen LogP contribution in [0, 0.1) is 19.8 Å². The molecule has 1 aliphatic carbocycles. The van der Waals surface area contributed by atoms with Gasteiger partial charge in [0.2, 0.25) is 5.13 Å². The number of amides is 1. The number of benzene rings is 1. The van der Waals surface area contributed by atoms with Crippen LogP contribution in [0.2, 0.25) is 0 Å². The van der Waals surface area contributed by atoms with E-state index in [4.69, 9.17) is 0 Å². The lowest BCUT2D eigenvalue weighted by Gasteiger charge is -1.96. The summed E-state index contributed by atoms with van der Waals surface area (Å²) in [6.07, 6.45) is 1.98. The van der Waals surface area contributed by atoms with E-state index in [-0.39, 0.29) is 11.8 Å². The Bertz CT molecular complexity index is 560. The molecule has 0 aliphatic heterocycles. The molecule has 1 fully saturated rings. The first-order valence-electron chi connectivity index (χ1n) is 5.77. The van der Waals surface area contributed by atoms with E-state index in [2.05, 4.69) is 36.3 Å². The first-order chi connectivity index (χ1) is 8.13. The van der Waals surface area contributed by atoms with E-state index in [9.17, 15) is 4.79 Å². The number of rotatable bonds is 2. The first-order valence-corrected chi connectivity index (χ1v) is 6.58. The number of nitrogens with zero attached hydrogens (tertiary/aromatic N) is 2. The first kappa shape index (κ1) is 10.7. The number of fused-ring (bicyclic) bond motifs is 1. The van der Waals surface area contributed by atoms with Crippen molar-refractivity contribution in [1.29, 1.82) is 0 Å². The Morgan fingerprint density at radius 3 is 2.76 bits per heavy atom. The van der Waals surface area contributed by atoms with Crippen molar-refractivity contribution in [2.45, 2.75) is 26.7 Å². The van der Waals surface area contributed by atoms with Crippen LogP contribution in [0.4, 0.5) is 5.13 Å². The maximum atomic E-state index is 11.6. The van der Waals surface area contributed by atoms with Crippen molar-refractivity contribution in [2.75, 3.05) is 0 Å². The summed E-state index contributed by atoms with van der Waals surface area (Å²) in [6, 6.07) is 4.17. The Kier molecular flexibility index (Phi) is 2.40. The second-order valence-corrected chi connectivity index (χ2v) is 5.63. The summed E-state index contributed by atoms with van der Waals surface area (Å²) >= 11 is 1.50. The van der Waals surface area contributed by atoms with Gasteiger partial charge in [-0.3, -0.25) is 4.79 Å². The van der Waals surface area contributed by atoms with Crippen LogP contribution in [0.1, 0.15) is 24.0 Å². The number of aromatic nitrogens is 1. The quantitative estimate of drug-likeness (QED) is 0.816. The lowest BCUT2D eigenvalue weighted by atomic mass is 10.1. The van der Waals surface area contributed by atoms with Crippen molar-refractivity contribution in [3.63, 3.8) is 0 Å². The van der Waals surface area contributed by atoms with Crippen LogP contribution in [0.15, 0.2) is 12.1 Å². The van der Waals surface area contributed by atoms with Gasteiger partial charge in [0.15, 0.2) is 0 Å². The Balaban J connectivity index is 1.93. The minimum atomic E-state index is -0.00231. The highest BCUT2D eigenvalue weighted by Gasteiger charge is 2.31. The minimum absolute atomic E-state index is 0.00231. The molecule has 1 radical (unpaired) electrons. The molecule has 1 aliphatic rings. The fraction of sp³-hybridized carbons (Fsp3) is 0.385. The summed E-state index contributed by atoms with van der Waals surface area (Å²) in [5.41, 5.74) is 3.42. The summed E-state index contributed by atoms with van der Waals surface area (Å²) in [4.78, 5) is 16.0. The van der Waals surface area contributed by atoms with Gasteiger partial charge in [0.25, 0.3) is 5.91 Å². The summed E-state index contributed by atoms with van der Waals surface area (Å²) in [5.74, 6) is 0.169. The van der Waals surface area contributed by atoms with Crippen LogP contribution >= 0.6 is 11.3 Å². The third-order valence-corrected chi connectivity index (χ3v) is 4.04. The SMILES string of the molecule is Cc1cc2nc([N]C(=O)C3CC3)sc2cc1C. The molecule has 1 aromatic heterocycles. The molecule has 3 nitrogen and oxygen atoms in total. The van der Waals surface area contributed by atoms with Gasteiger partial charge in [-0.2, -0.15) is 5.32 Å². The molecule has 0 saturated heterocycles. The number of carbonyl (C=O) groups is 1. The topological polar surface area (TPSA) is 44.1 Å². The average Bonchev–Trinajstić information content (AvgIpc) is 3.04. The number of hydrogen-bond acceptors (Lipinski definition) is 3. The number of thiazole rings is 1. The van der Waals surface area contributed by atoms with E-state index in [1.165, 1.54) is 22.5 Å². The summed E-state index contributed by atoms with van der Waals surface area (Å²) < 4.78 is 1.11. The molecule has 0 atom stereocenters. The maximum Gasteiger partial charge on any atom is 0.251 e. The van der Waals surface area contributed by atoms with Gasteiger partial charge >= 0.3 is 0 Å². The second-order valence-electron chi connectivity index (χ2n) is 4.62. The summed E-state index contributed by atoms with van der Waals surface area (Å²) in [7, 11) is 0. The van der Waals surface area contributed by atoms with Gasteiger partial charge in [-0.1, -0.05) is 11.3 Å². The molecule has 1 heterocycles. The second kappa shape index (κ2) is 3.81. The van der Waals surface area contributed by atoms with E-state index in [1.807, 2.05) is 0 Å². The predicted octanol–water partition coefficient (Wildman–Crippen LogP) is 3.09. The fourth-order valence-corrected chi connectivity index (χ4v) is 2.65. The Morgan fingerprint density at radius 2 is 2.06 bits per heavy atom. The van der Waals surface area contributed by atoms with Gasteiger partial charge in [-0.15, -0.1) is 0 Å². The van der Waals surface area contributed by atoms with Crippen LogP contribution < -0.4 is 5.32 Å². The van der Waals surface area contributed by atoms with Gasteiger partial charge in [-0.25, -0.2) is 4.98 Å². The van der Waals surface area contributed by atoms with E-state index >= 15 is 0 Å². The van der Waals surface area contributed by atoms with Crippen molar-refractivity contribution in [3.05, 3.63) is 23.3 Å². The van der Waals surface area contributed by atoms with Crippen LogP contribution in [0.25, 0.3) is 10.2 Å². The molecule has 1 saturated carbocycles. The van der Waals surface area contributed by atoms with Crippen molar-refractivity contribution < 1.29 is 4.79 Å². The van der Waals surface area contributed by atoms with E-state index in [0.717, 1.165) is 23.1 Å². The third-order valence-electron chi connectivity index (χ3n) is 3.13. The van der Waals surface area contributed by atoms with Crippen molar-refractivity contribution in [2.24, 2.45) is 5.92 Å². The van der Waals surface area contributed by atoms with Gasteiger partial charge in [0.1, 0.15) is 0 Å². The van der Waals surface area contributed by atoms with Gasteiger partial charge in [-0.05, 0) is 49.9 Å². The highest BCUT2D eigenvalue weighted by atomic mass is 32.1. The molecule has 2 aromatic rings. The maximum absolute atomic E-state index is 11.6. The van der Waals surface area contributed by atoms with E-state index in [1.54, 1.807) is 0 Å². The highest BCUT2D eigenvalue weighted by molar-refractivity contribution is 7.22. The summed E-state index contributed by atoms with van der Waals surface area (Å²) in [6.45, 7) is 4.15. The third kappa shape index (κ3) is 2.05. The number of hydrogen-bond donors (Lipinski definition) is 0. The normalized spacial score (nSPS) is 15.2. The standard InChI is InChI=1S/C13H13N2OS/c1-7-5-10-11(6-8(7)2)17-13(14-10)15-12(16)9-3-4-9/h5-6,9H,3-4H2,1-2H3. The molecule has 0 N–H and O–H groups in total. The van der Waals surface area contributed by atoms with Crippen molar-refractivity contribution in [3.8, 4) is 0 Å². The van der Waals surface area contributed by atoms with Crippen LogP contribution in [0.5, 0.6) is 0 Å². The number of aryl methyl sites for hydroxylation is 2. The smallest absolute Gasteiger partial charge is 0.251 e. The zero-order valence-electron chi connectivity index (χ0n) is 9.86. The molecule has 0 unspecified atom stereocenters. The lowest BCUT2D eigenvalue weighted by molar-refractivity contribution is -0.121. The molecule has 1 aromatic carbocycles. The monoisotopic (exact) mass is 245 g/mol. The Hall–Kier alpha value is -1.42. The Morgan fingerprint density at radius 1 is 1.35 bits per heavy atom. The zero-order valence-corrected chi connectivity index (χ0v) is 10.7. The Labute approximate surface area is 104 Å². The number of carbonyl (C=O) groups excluding carboxylic acids is 1. The van der Waals surface area contributed by atoms with E-state index < -0.39 is 0 Å². The lowest BCUT2D eigenvalue weighted by Crippen LogP contribution is -2.11. The minimum Gasteiger partial charge on any atom is -0.272 e. The molecule has 0 spiro atoms. The van der Waals surface area contributed by atoms with E-state index in [0.29, 0.717) is 5.13 Å². The van der Waals surface area contributed by atoms with Crippen LogP contribution in [0.3, 0.4) is 0 Å². The largest absolute Gasteiger partial charge is 0.272 e. The molecule has 0 bridgehead atoms. The molecule has 87 valence electrons. The van der Waals surface area contributed by atoms with Gasteiger partial charge < -0.3 is 0 Å². The van der Waals surface area contributed by atoms with Crippen LogP contribution in [-0.4, -0.2) is 10.9 Å². The predicted molar refractivity (Wildman–Crippen MR) is 68.6 cm³/mol. The average molecular weight is 245 g/mol. The molecule has 17 heavy (non-hydrogen) atoms. The van der Waals surface area contributed by atoms with Crippen molar-refractivity contribution >= 4 is 32.6 Å². The van der Waals surface area contributed by atoms with Crippen LogP contribution in [-0.2, 0) is 4.79 Å². The van der Waals surface area contributed by atoms with Crippen molar-refractivity contribution in [1.82, 2.24) is 10.3 Å².